The molecule has 0 heterocycles. The molecular formula is C19H20F3NO2. The van der Waals surface area contributed by atoms with Gasteiger partial charge in [0.25, 0.3) is 0 Å². The number of nitrogens with one attached hydrogen (secondary N) is 1. The standard InChI is InChI=1S/C19H20F3NO2/c1-12(16-8-3-4-9-17(16)19(20,21)22)13(2)23-11-14-6-5-7-15(10-14)18(24)25/h3-10,12-13,23H,11H2,1-2H3,(H,24,25). The Morgan fingerprint density at radius 2 is 1.80 bits per heavy atom. The maximum atomic E-state index is 13.2. The van der Waals surface area contributed by atoms with Gasteiger partial charge < -0.3 is 10.4 Å². The Labute approximate surface area is 144 Å². The normalized spacial score (nSPS) is 14.1. The summed E-state index contributed by atoms with van der Waals surface area (Å²) in [7, 11) is 0. The van der Waals surface area contributed by atoms with Crippen molar-refractivity contribution in [2.75, 3.05) is 0 Å². The van der Waals surface area contributed by atoms with Gasteiger partial charge in [-0.15, -0.1) is 0 Å². The van der Waals surface area contributed by atoms with Gasteiger partial charge in [0.05, 0.1) is 11.1 Å². The van der Waals surface area contributed by atoms with Crippen LogP contribution in [0.5, 0.6) is 0 Å². The van der Waals surface area contributed by atoms with Crippen LogP contribution in [-0.2, 0) is 12.7 Å². The van der Waals surface area contributed by atoms with Gasteiger partial charge in [0.2, 0.25) is 0 Å². The van der Waals surface area contributed by atoms with E-state index in [9.17, 15) is 18.0 Å². The molecule has 2 rings (SSSR count). The maximum absolute atomic E-state index is 13.2. The number of halogens is 3. The van der Waals surface area contributed by atoms with E-state index in [1.54, 1.807) is 31.2 Å². The highest BCUT2D eigenvalue weighted by Gasteiger charge is 2.34. The Balaban J connectivity index is 2.10. The smallest absolute Gasteiger partial charge is 0.416 e. The molecule has 2 aromatic rings. The van der Waals surface area contributed by atoms with E-state index in [0.717, 1.165) is 11.6 Å². The monoisotopic (exact) mass is 351 g/mol. The lowest BCUT2D eigenvalue weighted by Gasteiger charge is -2.25. The Bertz CT molecular complexity index is 743. The Hall–Kier alpha value is -2.34. The van der Waals surface area contributed by atoms with Crippen LogP contribution in [0.4, 0.5) is 13.2 Å². The van der Waals surface area contributed by atoms with E-state index in [0.29, 0.717) is 6.54 Å². The lowest BCUT2D eigenvalue weighted by atomic mass is 9.90. The first kappa shape index (κ1) is 19.0. The van der Waals surface area contributed by atoms with E-state index in [1.165, 1.54) is 18.2 Å². The van der Waals surface area contributed by atoms with Crippen LogP contribution < -0.4 is 5.32 Å². The molecule has 0 fully saturated rings. The highest BCUT2D eigenvalue weighted by atomic mass is 19.4. The first-order chi connectivity index (χ1) is 11.7. The minimum Gasteiger partial charge on any atom is -0.478 e. The summed E-state index contributed by atoms with van der Waals surface area (Å²) in [5.74, 6) is -1.37. The molecule has 2 atom stereocenters. The second-order valence-electron chi connectivity index (χ2n) is 6.05. The summed E-state index contributed by atoms with van der Waals surface area (Å²) in [5, 5.41) is 12.2. The predicted molar refractivity (Wildman–Crippen MR) is 89.6 cm³/mol. The molecule has 0 aromatic heterocycles. The molecule has 0 saturated heterocycles. The van der Waals surface area contributed by atoms with E-state index < -0.39 is 17.7 Å². The molecule has 0 radical (unpaired) electrons. The number of carboxylic acid groups (broad SMARTS) is 1. The second kappa shape index (κ2) is 7.70. The number of rotatable bonds is 6. The second-order valence-corrected chi connectivity index (χ2v) is 6.05. The Morgan fingerprint density at radius 1 is 1.12 bits per heavy atom. The fourth-order valence-electron chi connectivity index (χ4n) is 2.69. The number of hydrogen-bond acceptors (Lipinski definition) is 2. The molecule has 3 nitrogen and oxygen atoms in total. The van der Waals surface area contributed by atoms with Crippen molar-refractivity contribution in [1.29, 1.82) is 0 Å². The molecule has 6 heteroatoms. The van der Waals surface area contributed by atoms with Gasteiger partial charge in [-0.05, 0) is 42.2 Å². The molecule has 0 aliphatic rings. The molecule has 134 valence electrons. The number of alkyl halides is 3. The summed E-state index contributed by atoms with van der Waals surface area (Å²) in [6.07, 6.45) is -4.39. The molecule has 0 saturated carbocycles. The zero-order chi connectivity index (χ0) is 18.6. The van der Waals surface area contributed by atoms with Crippen molar-refractivity contribution >= 4 is 5.97 Å². The minimum absolute atomic E-state index is 0.183. The lowest BCUT2D eigenvalue weighted by molar-refractivity contribution is -0.138. The zero-order valence-corrected chi connectivity index (χ0v) is 14.0. The number of benzene rings is 2. The van der Waals surface area contributed by atoms with Gasteiger partial charge in [-0.25, -0.2) is 4.79 Å². The van der Waals surface area contributed by atoms with E-state index >= 15 is 0 Å². The SMILES string of the molecule is CC(NCc1cccc(C(=O)O)c1)C(C)c1ccccc1C(F)(F)F. The van der Waals surface area contributed by atoms with Crippen LogP contribution in [0, 0.1) is 0 Å². The van der Waals surface area contributed by atoms with Crippen LogP contribution >= 0.6 is 0 Å². The van der Waals surface area contributed by atoms with E-state index in [4.69, 9.17) is 5.11 Å². The molecule has 25 heavy (non-hydrogen) atoms. The van der Waals surface area contributed by atoms with Crippen LogP contribution in [0.1, 0.15) is 46.8 Å². The largest absolute Gasteiger partial charge is 0.478 e. The van der Waals surface area contributed by atoms with Crippen LogP contribution in [0.3, 0.4) is 0 Å². The fraction of sp³-hybridized carbons (Fsp3) is 0.316. The average Bonchev–Trinajstić information content (AvgIpc) is 2.58. The van der Waals surface area contributed by atoms with Gasteiger partial charge in [0.15, 0.2) is 0 Å². The Kier molecular flexibility index (Phi) is 5.85. The summed E-state index contributed by atoms with van der Waals surface area (Å²) in [5.41, 5.74) is 0.573. The zero-order valence-electron chi connectivity index (χ0n) is 14.0. The quantitative estimate of drug-likeness (QED) is 0.794. The van der Waals surface area contributed by atoms with E-state index in [-0.39, 0.29) is 23.1 Å². The third-order valence-corrected chi connectivity index (χ3v) is 4.31. The first-order valence-electron chi connectivity index (χ1n) is 7.92. The molecule has 0 amide bonds. The van der Waals surface area contributed by atoms with Crippen LogP contribution in [0.2, 0.25) is 0 Å². The van der Waals surface area contributed by atoms with Crippen molar-refractivity contribution in [2.45, 2.75) is 38.5 Å². The molecule has 2 N–H and O–H groups in total. The van der Waals surface area contributed by atoms with E-state index in [2.05, 4.69) is 5.32 Å². The third kappa shape index (κ3) is 4.82. The molecule has 0 spiro atoms. The Morgan fingerprint density at radius 3 is 2.44 bits per heavy atom. The van der Waals surface area contributed by atoms with Crippen molar-refractivity contribution in [1.82, 2.24) is 5.32 Å². The van der Waals surface area contributed by atoms with Gasteiger partial charge in [-0.2, -0.15) is 13.2 Å². The van der Waals surface area contributed by atoms with Gasteiger partial charge in [0.1, 0.15) is 0 Å². The average molecular weight is 351 g/mol. The van der Waals surface area contributed by atoms with Crippen molar-refractivity contribution in [3.8, 4) is 0 Å². The summed E-state index contributed by atoms with van der Waals surface area (Å²) in [6.45, 7) is 3.94. The van der Waals surface area contributed by atoms with Crippen molar-refractivity contribution in [3.63, 3.8) is 0 Å². The van der Waals surface area contributed by atoms with Crippen molar-refractivity contribution < 1.29 is 23.1 Å². The molecule has 2 unspecified atom stereocenters. The first-order valence-corrected chi connectivity index (χ1v) is 7.92. The summed E-state index contributed by atoms with van der Waals surface area (Å²) in [6, 6.07) is 11.8. The van der Waals surface area contributed by atoms with Gasteiger partial charge in [-0.1, -0.05) is 37.3 Å². The van der Waals surface area contributed by atoms with Crippen LogP contribution in [-0.4, -0.2) is 17.1 Å². The van der Waals surface area contributed by atoms with Gasteiger partial charge in [0, 0.05) is 12.6 Å². The molecule has 0 aliphatic carbocycles. The van der Waals surface area contributed by atoms with Gasteiger partial charge >= 0.3 is 12.1 Å². The maximum Gasteiger partial charge on any atom is 0.416 e. The lowest BCUT2D eigenvalue weighted by Crippen LogP contribution is -2.31. The fourth-order valence-corrected chi connectivity index (χ4v) is 2.69. The summed E-state index contributed by atoms with van der Waals surface area (Å²) < 4.78 is 39.5. The molecular weight excluding hydrogens is 331 g/mol. The van der Waals surface area contributed by atoms with Crippen molar-refractivity contribution in [2.24, 2.45) is 0 Å². The van der Waals surface area contributed by atoms with Crippen LogP contribution in [0.25, 0.3) is 0 Å². The highest BCUT2D eigenvalue weighted by Crippen LogP contribution is 2.36. The predicted octanol–water partition coefficient (Wildman–Crippen LogP) is 4.69. The van der Waals surface area contributed by atoms with E-state index in [1.807, 2.05) is 6.92 Å². The highest BCUT2D eigenvalue weighted by molar-refractivity contribution is 5.87. The minimum atomic E-state index is -4.39. The van der Waals surface area contributed by atoms with Crippen molar-refractivity contribution in [3.05, 3.63) is 70.8 Å². The topological polar surface area (TPSA) is 49.3 Å². The number of hydrogen-bond donors (Lipinski definition) is 2. The summed E-state index contributed by atoms with van der Waals surface area (Å²) >= 11 is 0. The van der Waals surface area contributed by atoms with Crippen LogP contribution in [0.15, 0.2) is 48.5 Å². The molecule has 2 aromatic carbocycles. The number of carbonyl (C=O) groups is 1. The third-order valence-electron chi connectivity index (χ3n) is 4.31. The van der Waals surface area contributed by atoms with Gasteiger partial charge in [-0.3, -0.25) is 0 Å². The number of aromatic carboxylic acids is 1. The number of carboxylic acids is 1. The molecule has 0 bridgehead atoms. The molecule has 0 aliphatic heterocycles. The summed E-state index contributed by atoms with van der Waals surface area (Å²) in [4.78, 5) is 11.0.